The van der Waals surface area contributed by atoms with Gasteiger partial charge in [0, 0.05) is 6.42 Å². The molecule has 0 aliphatic carbocycles. The first-order valence-corrected chi connectivity index (χ1v) is 6.12. The van der Waals surface area contributed by atoms with Gasteiger partial charge in [0.25, 0.3) is 0 Å². The quantitative estimate of drug-likeness (QED) is 0.487. The van der Waals surface area contributed by atoms with Crippen LogP contribution in [0.2, 0.25) is 0 Å². The molecule has 2 nitrogen and oxygen atoms in total. The average Bonchev–Trinajstić information content (AvgIpc) is 2.46. The van der Waals surface area contributed by atoms with Crippen LogP contribution >= 0.6 is 0 Å². The van der Waals surface area contributed by atoms with E-state index in [0.717, 1.165) is 17.7 Å². The first-order chi connectivity index (χ1) is 8.81. The SMILES string of the molecule is CC(C/C(=N/O)c1ccccc1)c1ccccc1. The molecule has 2 rings (SSSR count). The Bertz CT molecular complexity index is 505. The van der Waals surface area contributed by atoms with Crippen LogP contribution in [0.1, 0.15) is 30.4 Å². The van der Waals surface area contributed by atoms with Gasteiger partial charge in [0.2, 0.25) is 0 Å². The van der Waals surface area contributed by atoms with Crippen molar-refractivity contribution in [1.82, 2.24) is 0 Å². The Morgan fingerprint density at radius 2 is 1.56 bits per heavy atom. The molecule has 1 N–H and O–H groups in total. The van der Waals surface area contributed by atoms with E-state index in [1.54, 1.807) is 0 Å². The third-order valence-electron chi connectivity index (χ3n) is 3.10. The van der Waals surface area contributed by atoms with Gasteiger partial charge in [-0.2, -0.15) is 0 Å². The van der Waals surface area contributed by atoms with Crippen molar-refractivity contribution in [2.24, 2.45) is 5.16 Å². The number of oxime groups is 1. The van der Waals surface area contributed by atoms with Gasteiger partial charge in [-0.1, -0.05) is 72.7 Å². The predicted molar refractivity (Wildman–Crippen MR) is 74.2 cm³/mol. The maximum Gasteiger partial charge on any atom is 0.0873 e. The molecule has 1 atom stereocenters. The predicted octanol–water partition coefficient (Wildman–Crippen LogP) is 4.06. The van der Waals surface area contributed by atoms with Crippen molar-refractivity contribution in [3.63, 3.8) is 0 Å². The molecule has 1 unspecified atom stereocenters. The summed E-state index contributed by atoms with van der Waals surface area (Å²) in [6, 6.07) is 20.1. The second-order valence-electron chi connectivity index (χ2n) is 4.43. The normalized spacial score (nSPS) is 13.3. The van der Waals surface area contributed by atoms with Gasteiger partial charge in [0.1, 0.15) is 0 Å². The van der Waals surface area contributed by atoms with E-state index in [2.05, 4.69) is 24.2 Å². The fraction of sp³-hybridized carbons (Fsp3) is 0.188. The molecule has 0 aliphatic rings. The molecule has 0 bridgehead atoms. The van der Waals surface area contributed by atoms with Gasteiger partial charge in [0.05, 0.1) is 5.71 Å². The maximum atomic E-state index is 9.16. The summed E-state index contributed by atoms with van der Waals surface area (Å²) in [6.45, 7) is 2.14. The monoisotopic (exact) mass is 239 g/mol. The Kier molecular flexibility index (Phi) is 4.13. The lowest BCUT2D eigenvalue weighted by Crippen LogP contribution is -2.06. The van der Waals surface area contributed by atoms with E-state index in [1.807, 2.05) is 48.5 Å². The third-order valence-corrected chi connectivity index (χ3v) is 3.10. The first-order valence-electron chi connectivity index (χ1n) is 6.12. The van der Waals surface area contributed by atoms with Crippen LogP contribution in [-0.2, 0) is 0 Å². The second kappa shape index (κ2) is 6.01. The van der Waals surface area contributed by atoms with E-state index in [4.69, 9.17) is 5.21 Å². The van der Waals surface area contributed by atoms with E-state index >= 15 is 0 Å². The van der Waals surface area contributed by atoms with E-state index in [0.29, 0.717) is 5.92 Å². The molecule has 0 spiro atoms. The molecule has 0 aliphatic heterocycles. The van der Waals surface area contributed by atoms with Gasteiger partial charge in [-0.25, -0.2) is 0 Å². The molecule has 0 aromatic heterocycles. The lowest BCUT2D eigenvalue weighted by Gasteiger charge is -2.12. The van der Waals surface area contributed by atoms with Crippen LogP contribution in [-0.4, -0.2) is 10.9 Å². The zero-order valence-corrected chi connectivity index (χ0v) is 10.5. The van der Waals surface area contributed by atoms with E-state index < -0.39 is 0 Å². The summed E-state index contributed by atoms with van der Waals surface area (Å²) in [5, 5.41) is 12.6. The summed E-state index contributed by atoms with van der Waals surface area (Å²) in [6.07, 6.45) is 0.727. The Hall–Kier alpha value is -2.09. The van der Waals surface area contributed by atoms with E-state index in [1.165, 1.54) is 5.56 Å². The number of rotatable bonds is 4. The standard InChI is InChI=1S/C16H17NO/c1-13(14-8-4-2-5-9-14)12-16(17-18)15-10-6-3-7-11-15/h2-11,13,18H,12H2,1H3/b17-16-. The maximum absolute atomic E-state index is 9.16. The van der Waals surface area contributed by atoms with Crippen LogP contribution in [0.15, 0.2) is 65.8 Å². The summed E-state index contributed by atoms with van der Waals surface area (Å²) >= 11 is 0. The minimum Gasteiger partial charge on any atom is -0.411 e. The topological polar surface area (TPSA) is 32.6 Å². The minimum atomic E-state index is 0.331. The van der Waals surface area contributed by atoms with Crippen molar-refractivity contribution < 1.29 is 5.21 Å². The molecule has 0 radical (unpaired) electrons. The molecular formula is C16H17NO. The van der Waals surface area contributed by atoms with Gasteiger partial charge in [-0.05, 0) is 17.0 Å². The fourth-order valence-electron chi connectivity index (χ4n) is 2.04. The van der Waals surface area contributed by atoms with Crippen molar-refractivity contribution in [2.45, 2.75) is 19.3 Å². The number of nitrogens with zero attached hydrogens (tertiary/aromatic N) is 1. The van der Waals surface area contributed by atoms with Crippen molar-refractivity contribution in [3.8, 4) is 0 Å². The van der Waals surface area contributed by atoms with Crippen LogP contribution in [0.25, 0.3) is 0 Å². The smallest absolute Gasteiger partial charge is 0.0873 e. The molecule has 0 fully saturated rings. The van der Waals surface area contributed by atoms with E-state index in [9.17, 15) is 0 Å². The Labute approximate surface area is 108 Å². The van der Waals surface area contributed by atoms with Gasteiger partial charge in [0.15, 0.2) is 0 Å². The highest BCUT2D eigenvalue weighted by Gasteiger charge is 2.11. The summed E-state index contributed by atoms with van der Waals surface area (Å²) in [4.78, 5) is 0. The van der Waals surface area contributed by atoms with Crippen LogP contribution in [0.4, 0.5) is 0 Å². The first kappa shape index (κ1) is 12.4. The summed E-state index contributed by atoms with van der Waals surface area (Å²) < 4.78 is 0. The molecule has 0 heterocycles. The van der Waals surface area contributed by atoms with E-state index in [-0.39, 0.29) is 0 Å². The molecule has 92 valence electrons. The van der Waals surface area contributed by atoms with Gasteiger partial charge < -0.3 is 5.21 Å². The van der Waals surface area contributed by atoms with Crippen molar-refractivity contribution >= 4 is 5.71 Å². The summed E-state index contributed by atoms with van der Waals surface area (Å²) in [7, 11) is 0. The molecule has 18 heavy (non-hydrogen) atoms. The zero-order valence-electron chi connectivity index (χ0n) is 10.5. The van der Waals surface area contributed by atoms with Crippen LogP contribution in [0, 0.1) is 0 Å². The molecule has 2 aromatic carbocycles. The third kappa shape index (κ3) is 2.98. The molecule has 0 saturated heterocycles. The number of hydrogen-bond acceptors (Lipinski definition) is 2. The fourth-order valence-corrected chi connectivity index (χ4v) is 2.04. The zero-order chi connectivity index (χ0) is 12.8. The largest absolute Gasteiger partial charge is 0.411 e. The highest BCUT2D eigenvalue weighted by Crippen LogP contribution is 2.21. The lowest BCUT2D eigenvalue weighted by atomic mass is 9.93. The Morgan fingerprint density at radius 3 is 2.11 bits per heavy atom. The summed E-state index contributed by atoms with van der Waals surface area (Å²) in [5.74, 6) is 0.331. The number of benzene rings is 2. The van der Waals surface area contributed by atoms with Crippen LogP contribution in [0.5, 0.6) is 0 Å². The minimum absolute atomic E-state index is 0.331. The summed E-state index contributed by atoms with van der Waals surface area (Å²) in [5.41, 5.74) is 2.96. The highest BCUT2D eigenvalue weighted by atomic mass is 16.4. The Balaban J connectivity index is 2.13. The highest BCUT2D eigenvalue weighted by molar-refractivity contribution is 6.00. The Morgan fingerprint density at radius 1 is 1.00 bits per heavy atom. The van der Waals surface area contributed by atoms with Crippen molar-refractivity contribution in [1.29, 1.82) is 0 Å². The molecule has 2 aromatic rings. The van der Waals surface area contributed by atoms with Crippen molar-refractivity contribution in [2.75, 3.05) is 0 Å². The molecule has 2 heteroatoms. The van der Waals surface area contributed by atoms with Crippen LogP contribution in [0.3, 0.4) is 0 Å². The second-order valence-corrected chi connectivity index (χ2v) is 4.43. The average molecular weight is 239 g/mol. The van der Waals surface area contributed by atoms with Crippen LogP contribution < -0.4 is 0 Å². The van der Waals surface area contributed by atoms with Gasteiger partial charge in [-0.3, -0.25) is 0 Å². The van der Waals surface area contributed by atoms with Gasteiger partial charge in [-0.15, -0.1) is 0 Å². The molecule has 0 amide bonds. The number of hydrogen-bond donors (Lipinski definition) is 1. The van der Waals surface area contributed by atoms with Crippen molar-refractivity contribution in [3.05, 3.63) is 71.8 Å². The molecule has 0 saturated carbocycles. The van der Waals surface area contributed by atoms with Gasteiger partial charge >= 0.3 is 0 Å². The lowest BCUT2D eigenvalue weighted by molar-refractivity contribution is 0.317. The molecular weight excluding hydrogens is 222 g/mol.